The fourth-order valence-electron chi connectivity index (χ4n) is 3.86. The van der Waals surface area contributed by atoms with Gasteiger partial charge in [-0.2, -0.15) is 5.26 Å². The van der Waals surface area contributed by atoms with E-state index in [1.165, 1.54) is 18.4 Å². The maximum Gasteiger partial charge on any atom is 0.122 e. The summed E-state index contributed by atoms with van der Waals surface area (Å²) in [5, 5.41) is 9.68. The second-order valence-corrected chi connectivity index (χ2v) is 6.34. The third-order valence-electron chi connectivity index (χ3n) is 4.76. The van der Waals surface area contributed by atoms with Gasteiger partial charge in [0.1, 0.15) is 5.75 Å². The van der Waals surface area contributed by atoms with E-state index in [-0.39, 0.29) is 5.41 Å². The lowest BCUT2D eigenvalue weighted by molar-refractivity contribution is 0.176. The number of para-hydroxylation sites is 1. The topological polar surface area (TPSA) is 33.0 Å². The second kappa shape index (κ2) is 4.89. The molecule has 2 heteroatoms. The molecule has 0 spiro atoms. The fraction of sp³-hybridized carbons (Fsp3) is 0.588. The van der Waals surface area contributed by atoms with Crippen molar-refractivity contribution >= 4 is 0 Å². The summed E-state index contributed by atoms with van der Waals surface area (Å²) in [6.45, 7) is 3.03. The van der Waals surface area contributed by atoms with Crippen LogP contribution in [-0.2, 0) is 0 Å². The first kappa shape index (κ1) is 12.5. The summed E-state index contributed by atoms with van der Waals surface area (Å²) in [5.74, 6) is 2.11. The van der Waals surface area contributed by atoms with Gasteiger partial charge in [0, 0.05) is 11.5 Å². The minimum Gasteiger partial charge on any atom is -0.493 e. The Labute approximate surface area is 115 Å². The summed E-state index contributed by atoms with van der Waals surface area (Å²) >= 11 is 0. The number of hydrogen-bond donors (Lipinski definition) is 0. The molecule has 100 valence electrons. The van der Waals surface area contributed by atoms with Gasteiger partial charge < -0.3 is 4.74 Å². The lowest BCUT2D eigenvalue weighted by Crippen LogP contribution is -2.28. The highest BCUT2D eigenvalue weighted by Crippen LogP contribution is 2.48. The standard InChI is InChI=1S/C17H21NO/c1-13-5-4-8-17(9-13,12-18)10-14-11-19-16-7-3-2-6-15(14)16/h2-3,6-7,13-14H,4-5,8-11H2,1H3. The summed E-state index contributed by atoms with van der Waals surface area (Å²) in [5.41, 5.74) is 1.18. The van der Waals surface area contributed by atoms with Gasteiger partial charge >= 0.3 is 0 Å². The molecule has 1 aromatic carbocycles. The average molecular weight is 255 g/mol. The van der Waals surface area contributed by atoms with Crippen LogP contribution in [-0.4, -0.2) is 6.61 Å². The molecule has 2 nitrogen and oxygen atoms in total. The predicted octanol–water partition coefficient (Wildman–Crippen LogP) is 4.27. The number of hydrogen-bond acceptors (Lipinski definition) is 2. The van der Waals surface area contributed by atoms with Crippen molar-refractivity contribution in [1.29, 1.82) is 5.26 Å². The summed E-state index contributed by atoms with van der Waals surface area (Å²) in [6, 6.07) is 10.9. The van der Waals surface area contributed by atoms with Crippen molar-refractivity contribution in [3.63, 3.8) is 0 Å². The van der Waals surface area contributed by atoms with Crippen molar-refractivity contribution in [3.8, 4) is 11.8 Å². The molecule has 0 amide bonds. The zero-order valence-electron chi connectivity index (χ0n) is 11.6. The van der Waals surface area contributed by atoms with Crippen LogP contribution in [0.2, 0.25) is 0 Å². The first-order valence-corrected chi connectivity index (χ1v) is 7.35. The quantitative estimate of drug-likeness (QED) is 0.790. The molecule has 19 heavy (non-hydrogen) atoms. The Kier molecular flexibility index (Phi) is 3.22. The van der Waals surface area contributed by atoms with Crippen LogP contribution in [0.3, 0.4) is 0 Å². The Morgan fingerprint density at radius 3 is 3.05 bits per heavy atom. The highest BCUT2D eigenvalue weighted by Gasteiger charge is 2.39. The van der Waals surface area contributed by atoms with Crippen molar-refractivity contribution < 1.29 is 4.74 Å². The number of fused-ring (bicyclic) bond motifs is 1. The highest BCUT2D eigenvalue weighted by atomic mass is 16.5. The smallest absolute Gasteiger partial charge is 0.122 e. The summed E-state index contributed by atoms with van der Waals surface area (Å²) in [4.78, 5) is 0. The molecule has 1 aliphatic carbocycles. The van der Waals surface area contributed by atoms with Gasteiger partial charge in [-0.25, -0.2) is 0 Å². The number of benzene rings is 1. The van der Waals surface area contributed by atoms with Gasteiger partial charge in [0.15, 0.2) is 0 Å². The minimum atomic E-state index is -0.122. The fourth-order valence-corrected chi connectivity index (χ4v) is 3.86. The molecule has 2 aliphatic rings. The lowest BCUT2D eigenvalue weighted by Gasteiger charge is -2.35. The van der Waals surface area contributed by atoms with E-state index in [2.05, 4.69) is 25.1 Å². The molecular weight excluding hydrogens is 234 g/mol. The molecule has 1 aliphatic heterocycles. The molecule has 1 fully saturated rings. The lowest BCUT2D eigenvalue weighted by atomic mass is 9.66. The largest absolute Gasteiger partial charge is 0.493 e. The zero-order valence-corrected chi connectivity index (χ0v) is 11.6. The zero-order chi connectivity index (χ0) is 13.3. The summed E-state index contributed by atoms with van der Waals surface area (Å²) in [6.07, 6.45) is 5.56. The Hall–Kier alpha value is -1.49. The Morgan fingerprint density at radius 2 is 2.26 bits per heavy atom. The van der Waals surface area contributed by atoms with Crippen LogP contribution in [0.5, 0.6) is 5.75 Å². The molecule has 3 unspecified atom stereocenters. The third-order valence-corrected chi connectivity index (χ3v) is 4.76. The molecule has 3 atom stereocenters. The first-order valence-electron chi connectivity index (χ1n) is 7.35. The van der Waals surface area contributed by atoms with Crippen LogP contribution >= 0.6 is 0 Å². The number of rotatable bonds is 2. The molecule has 0 saturated heterocycles. The van der Waals surface area contributed by atoms with Gasteiger partial charge in [-0.15, -0.1) is 0 Å². The summed E-state index contributed by atoms with van der Waals surface area (Å²) < 4.78 is 5.76. The van der Waals surface area contributed by atoms with Crippen molar-refractivity contribution in [3.05, 3.63) is 29.8 Å². The third kappa shape index (κ3) is 2.34. The molecule has 0 bridgehead atoms. The molecule has 0 aromatic heterocycles. The van der Waals surface area contributed by atoms with E-state index >= 15 is 0 Å². The Balaban J connectivity index is 1.80. The average Bonchev–Trinajstić information content (AvgIpc) is 2.82. The predicted molar refractivity (Wildman–Crippen MR) is 75.0 cm³/mol. The van der Waals surface area contributed by atoms with E-state index < -0.39 is 0 Å². The highest BCUT2D eigenvalue weighted by molar-refractivity contribution is 5.40. The van der Waals surface area contributed by atoms with Crippen LogP contribution in [0.25, 0.3) is 0 Å². The molecule has 1 saturated carbocycles. The maximum absolute atomic E-state index is 9.68. The van der Waals surface area contributed by atoms with Gasteiger partial charge in [0.05, 0.1) is 18.1 Å². The van der Waals surface area contributed by atoms with E-state index in [0.717, 1.165) is 31.6 Å². The Bertz CT molecular complexity index is 504. The second-order valence-electron chi connectivity index (χ2n) is 6.34. The Morgan fingerprint density at radius 1 is 1.42 bits per heavy atom. The van der Waals surface area contributed by atoms with E-state index in [1.807, 2.05) is 12.1 Å². The summed E-state index contributed by atoms with van der Waals surface area (Å²) in [7, 11) is 0. The van der Waals surface area contributed by atoms with E-state index in [0.29, 0.717) is 11.8 Å². The number of ether oxygens (including phenoxy) is 1. The van der Waals surface area contributed by atoms with Gasteiger partial charge in [0.2, 0.25) is 0 Å². The van der Waals surface area contributed by atoms with Gasteiger partial charge in [-0.3, -0.25) is 0 Å². The maximum atomic E-state index is 9.68. The van der Waals surface area contributed by atoms with Gasteiger partial charge in [0.25, 0.3) is 0 Å². The van der Waals surface area contributed by atoms with E-state index in [9.17, 15) is 5.26 Å². The van der Waals surface area contributed by atoms with E-state index in [4.69, 9.17) is 4.74 Å². The van der Waals surface area contributed by atoms with Crippen molar-refractivity contribution in [2.24, 2.45) is 11.3 Å². The molecule has 1 heterocycles. The molecule has 0 N–H and O–H groups in total. The molecular formula is C17H21NO. The van der Waals surface area contributed by atoms with Crippen molar-refractivity contribution in [2.45, 2.75) is 44.9 Å². The molecule has 1 aromatic rings. The van der Waals surface area contributed by atoms with Crippen LogP contribution in [0.15, 0.2) is 24.3 Å². The van der Waals surface area contributed by atoms with Crippen LogP contribution in [0, 0.1) is 22.7 Å². The van der Waals surface area contributed by atoms with Crippen molar-refractivity contribution in [2.75, 3.05) is 6.61 Å². The van der Waals surface area contributed by atoms with E-state index in [1.54, 1.807) is 0 Å². The molecule has 0 radical (unpaired) electrons. The normalized spacial score (nSPS) is 33.3. The van der Waals surface area contributed by atoms with Gasteiger partial charge in [-0.05, 0) is 31.2 Å². The SMILES string of the molecule is CC1CCCC(C#N)(CC2COc3ccccc32)C1. The number of nitriles is 1. The molecule has 3 rings (SSSR count). The van der Waals surface area contributed by atoms with Crippen LogP contribution in [0.4, 0.5) is 0 Å². The first-order chi connectivity index (χ1) is 9.22. The minimum absolute atomic E-state index is 0.122. The van der Waals surface area contributed by atoms with Gasteiger partial charge in [-0.1, -0.05) is 38.0 Å². The van der Waals surface area contributed by atoms with Crippen molar-refractivity contribution in [1.82, 2.24) is 0 Å². The van der Waals surface area contributed by atoms with Crippen LogP contribution < -0.4 is 4.74 Å². The monoisotopic (exact) mass is 255 g/mol. The number of nitrogens with zero attached hydrogens (tertiary/aromatic N) is 1. The van der Waals surface area contributed by atoms with Crippen LogP contribution in [0.1, 0.15) is 50.5 Å².